The molecule has 1 aliphatic heterocycles. The molecule has 1 atom stereocenters. The summed E-state index contributed by atoms with van der Waals surface area (Å²) in [5.74, 6) is 1.92. The molecule has 8 heteroatoms. The number of benzene rings is 1. The molecule has 5 rings (SSSR count). The minimum atomic E-state index is -0.301. The molecule has 1 aliphatic carbocycles. The lowest BCUT2D eigenvalue weighted by atomic mass is 9.94. The highest BCUT2D eigenvalue weighted by molar-refractivity contribution is 5.93. The van der Waals surface area contributed by atoms with Gasteiger partial charge in [0.05, 0.1) is 5.69 Å². The van der Waals surface area contributed by atoms with E-state index >= 15 is 0 Å². The Kier molecular flexibility index (Phi) is 4.61. The second-order valence-corrected chi connectivity index (χ2v) is 7.96. The van der Waals surface area contributed by atoms with Crippen LogP contribution in [-0.2, 0) is 6.42 Å². The van der Waals surface area contributed by atoms with Gasteiger partial charge in [0.15, 0.2) is 5.82 Å². The van der Waals surface area contributed by atoms with Gasteiger partial charge in [-0.05, 0) is 61.9 Å². The van der Waals surface area contributed by atoms with Crippen LogP contribution in [0.1, 0.15) is 53.8 Å². The molecular weight excluding hydrogens is 373 g/mol. The van der Waals surface area contributed by atoms with Crippen LogP contribution in [0.25, 0.3) is 11.3 Å². The van der Waals surface area contributed by atoms with Gasteiger partial charge in [0.1, 0.15) is 11.5 Å². The van der Waals surface area contributed by atoms with Gasteiger partial charge in [-0.3, -0.25) is 9.89 Å². The van der Waals surface area contributed by atoms with E-state index in [0.29, 0.717) is 42.1 Å². The Balaban J connectivity index is 1.24. The first-order valence-electron chi connectivity index (χ1n) is 10.1. The third-order valence-corrected chi connectivity index (χ3v) is 5.64. The predicted octanol–water partition coefficient (Wildman–Crippen LogP) is 3.57. The Morgan fingerprint density at radius 3 is 2.86 bits per heavy atom. The van der Waals surface area contributed by atoms with Crippen molar-refractivity contribution in [3.05, 3.63) is 53.6 Å². The zero-order chi connectivity index (χ0) is 19.8. The highest BCUT2D eigenvalue weighted by atomic mass is 19.1. The number of hydrogen-bond donors (Lipinski definition) is 1. The molecule has 1 saturated carbocycles. The first kappa shape index (κ1) is 18.0. The van der Waals surface area contributed by atoms with Gasteiger partial charge in [-0.1, -0.05) is 5.16 Å². The number of nitrogens with one attached hydrogen (secondary N) is 1. The van der Waals surface area contributed by atoms with Gasteiger partial charge in [-0.15, -0.1) is 0 Å². The van der Waals surface area contributed by atoms with Gasteiger partial charge in [-0.25, -0.2) is 4.39 Å². The molecule has 1 N–H and O–H groups in total. The van der Waals surface area contributed by atoms with E-state index in [0.717, 1.165) is 43.6 Å². The number of carbonyl (C=O) groups excluding carboxylic acids is 1. The molecule has 29 heavy (non-hydrogen) atoms. The zero-order valence-electron chi connectivity index (χ0n) is 16.0. The van der Waals surface area contributed by atoms with Gasteiger partial charge in [0.2, 0.25) is 5.89 Å². The highest BCUT2D eigenvalue weighted by Crippen LogP contribution is 2.38. The fraction of sp³-hybridized carbons (Fsp3) is 0.429. The zero-order valence-corrected chi connectivity index (χ0v) is 16.0. The number of hydrogen-bond acceptors (Lipinski definition) is 5. The summed E-state index contributed by atoms with van der Waals surface area (Å²) < 4.78 is 18.5. The van der Waals surface area contributed by atoms with Gasteiger partial charge in [0.25, 0.3) is 5.91 Å². The van der Waals surface area contributed by atoms with E-state index < -0.39 is 0 Å². The minimum Gasteiger partial charge on any atom is -0.339 e. The number of halogens is 1. The predicted molar refractivity (Wildman–Crippen MR) is 103 cm³/mol. The SMILES string of the molecule is O=C(c1cc(-c2ccc(F)cc2)n[nH]1)N1CCC[C@@H](Cc2nc(C3CC3)no2)C1. The average molecular weight is 395 g/mol. The number of aromatic amines is 1. The summed E-state index contributed by atoms with van der Waals surface area (Å²) >= 11 is 0. The summed E-state index contributed by atoms with van der Waals surface area (Å²) in [6, 6.07) is 7.78. The van der Waals surface area contributed by atoms with Crippen LogP contribution >= 0.6 is 0 Å². The van der Waals surface area contributed by atoms with Crippen molar-refractivity contribution in [2.45, 2.75) is 38.0 Å². The quantitative estimate of drug-likeness (QED) is 0.714. The lowest BCUT2D eigenvalue weighted by Gasteiger charge is -2.31. The molecule has 2 aromatic heterocycles. The molecule has 3 heterocycles. The van der Waals surface area contributed by atoms with Gasteiger partial charge in [0, 0.05) is 31.0 Å². The largest absolute Gasteiger partial charge is 0.339 e. The maximum absolute atomic E-state index is 13.1. The first-order chi connectivity index (χ1) is 14.2. The van der Waals surface area contributed by atoms with E-state index in [-0.39, 0.29) is 11.7 Å². The normalized spacial score (nSPS) is 19.5. The van der Waals surface area contributed by atoms with Crippen molar-refractivity contribution >= 4 is 5.91 Å². The van der Waals surface area contributed by atoms with E-state index in [1.807, 2.05) is 4.90 Å². The number of H-pyrrole nitrogens is 1. The van der Waals surface area contributed by atoms with E-state index in [4.69, 9.17) is 4.52 Å². The summed E-state index contributed by atoms with van der Waals surface area (Å²) in [5, 5.41) is 11.1. The van der Waals surface area contributed by atoms with Crippen LogP contribution in [0.4, 0.5) is 4.39 Å². The smallest absolute Gasteiger partial charge is 0.271 e. The second kappa shape index (κ2) is 7.42. The van der Waals surface area contributed by atoms with Crippen LogP contribution in [0.2, 0.25) is 0 Å². The summed E-state index contributed by atoms with van der Waals surface area (Å²) in [5.41, 5.74) is 1.83. The summed E-state index contributed by atoms with van der Waals surface area (Å²) in [4.78, 5) is 19.3. The fourth-order valence-corrected chi connectivity index (χ4v) is 3.89. The van der Waals surface area contributed by atoms with Gasteiger partial charge >= 0.3 is 0 Å². The van der Waals surface area contributed by atoms with Crippen LogP contribution in [0.3, 0.4) is 0 Å². The Labute approximate surface area is 167 Å². The van der Waals surface area contributed by atoms with E-state index in [2.05, 4.69) is 20.3 Å². The first-order valence-corrected chi connectivity index (χ1v) is 10.1. The molecule has 1 saturated heterocycles. The Morgan fingerprint density at radius 2 is 2.07 bits per heavy atom. The summed E-state index contributed by atoms with van der Waals surface area (Å²) in [6.07, 6.45) is 4.98. The maximum Gasteiger partial charge on any atom is 0.271 e. The molecule has 7 nitrogen and oxygen atoms in total. The number of amides is 1. The Hall–Kier alpha value is -3.03. The van der Waals surface area contributed by atoms with Crippen LogP contribution in [0.15, 0.2) is 34.9 Å². The summed E-state index contributed by atoms with van der Waals surface area (Å²) in [6.45, 7) is 1.38. The lowest BCUT2D eigenvalue weighted by molar-refractivity contribution is 0.0662. The number of aromatic nitrogens is 4. The van der Waals surface area contributed by atoms with Gasteiger partial charge in [-0.2, -0.15) is 10.1 Å². The maximum atomic E-state index is 13.1. The standard InChI is InChI=1S/C21H22FN5O2/c22-16-7-5-14(6-8-16)17-11-18(25-24-17)21(28)27-9-1-2-13(12-27)10-19-23-20(26-29-19)15-3-4-15/h5-8,11,13,15H,1-4,9-10,12H2,(H,24,25)/t13-/m0/s1. The van der Waals surface area contributed by atoms with Crippen LogP contribution in [-0.4, -0.2) is 44.2 Å². The average Bonchev–Trinajstić information content (AvgIpc) is 3.28. The van der Waals surface area contributed by atoms with E-state index in [9.17, 15) is 9.18 Å². The number of rotatable bonds is 5. The highest BCUT2D eigenvalue weighted by Gasteiger charge is 2.30. The monoisotopic (exact) mass is 395 g/mol. The minimum absolute atomic E-state index is 0.0697. The third-order valence-electron chi connectivity index (χ3n) is 5.64. The molecule has 2 fully saturated rings. The summed E-state index contributed by atoms with van der Waals surface area (Å²) in [7, 11) is 0. The van der Waals surface area contributed by atoms with Crippen molar-refractivity contribution in [3.63, 3.8) is 0 Å². The van der Waals surface area contributed by atoms with Crippen LogP contribution in [0.5, 0.6) is 0 Å². The van der Waals surface area contributed by atoms with Gasteiger partial charge < -0.3 is 9.42 Å². The number of nitrogens with zero attached hydrogens (tertiary/aromatic N) is 4. The van der Waals surface area contributed by atoms with Crippen LogP contribution < -0.4 is 0 Å². The molecule has 1 aromatic carbocycles. The molecule has 0 spiro atoms. The van der Waals surface area contributed by atoms with Crippen molar-refractivity contribution in [1.29, 1.82) is 0 Å². The van der Waals surface area contributed by atoms with Crippen LogP contribution in [0, 0.1) is 11.7 Å². The topological polar surface area (TPSA) is 87.9 Å². The second-order valence-electron chi connectivity index (χ2n) is 7.96. The molecule has 0 unspecified atom stereocenters. The van der Waals surface area contributed by atoms with Crippen molar-refractivity contribution in [2.24, 2.45) is 5.92 Å². The lowest BCUT2D eigenvalue weighted by Crippen LogP contribution is -2.40. The van der Waals surface area contributed by atoms with Crippen molar-refractivity contribution in [3.8, 4) is 11.3 Å². The van der Waals surface area contributed by atoms with Crippen molar-refractivity contribution < 1.29 is 13.7 Å². The molecule has 150 valence electrons. The molecular formula is C21H22FN5O2. The van der Waals surface area contributed by atoms with Crippen molar-refractivity contribution in [1.82, 2.24) is 25.2 Å². The third kappa shape index (κ3) is 3.92. The molecule has 3 aromatic rings. The number of piperidine rings is 1. The molecule has 0 radical (unpaired) electrons. The molecule has 1 amide bonds. The van der Waals surface area contributed by atoms with Crippen molar-refractivity contribution in [2.75, 3.05) is 13.1 Å². The molecule has 2 aliphatic rings. The Morgan fingerprint density at radius 1 is 1.24 bits per heavy atom. The van der Waals surface area contributed by atoms with E-state index in [1.165, 1.54) is 12.1 Å². The molecule has 0 bridgehead atoms. The fourth-order valence-electron chi connectivity index (χ4n) is 3.89. The number of carbonyl (C=O) groups is 1. The number of likely N-dealkylation sites (tertiary alicyclic amines) is 1. The Bertz CT molecular complexity index is 1010. The van der Waals surface area contributed by atoms with E-state index in [1.54, 1.807) is 18.2 Å².